The first-order chi connectivity index (χ1) is 12.4. The van der Waals surface area contributed by atoms with Crippen LogP contribution in [0.4, 0.5) is 0 Å². The van der Waals surface area contributed by atoms with Gasteiger partial charge in [-0.05, 0) is 38.8 Å². The molecule has 140 valence electrons. The van der Waals surface area contributed by atoms with Crippen LogP contribution < -0.4 is 4.74 Å². The van der Waals surface area contributed by atoms with Crippen LogP contribution in [0.15, 0.2) is 24.3 Å². The molecule has 6 nitrogen and oxygen atoms in total. The van der Waals surface area contributed by atoms with Crippen molar-refractivity contribution in [1.29, 1.82) is 0 Å². The van der Waals surface area contributed by atoms with Crippen molar-refractivity contribution in [3.8, 4) is 5.75 Å². The molecule has 0 radical (unpaired) electrons. The van der Waals surface area contributed by atoms with Crippen molar-refractivity contribution in [1.82, 2.24) is 15.1 Å². The Labute approximate surface area is 154 Å². The molecule has 1 amide bonds. The highest BCUT2D eigenvalue weighted by molar-refractivity contribution is 5.79. The fraction of sp³-hybridized carbons (Fsp3) is 0.500. The number of amides is 1. The molecule has 1 atom stereocenters. The number of aromatic nitrogens is 2. The summed E-state index contributed by atoms with van der Waals surface area (Å²) in [5, 5.41) is 7.11. The number of H-pyrrole nitrogens is 1. The van der Waals surface area contributed by atoms with Gasteiger partial charge < -0.3 is 14.4 Å². The average molecular weight is 357 g/mol. The molecule has 1 N–H and O–H groups in total. The number of nitrogens with zero attached hydrogens (tertiary/aromatic N) is 2. The molecule has 0 bridgehead atoms. The van der Waals surface area contributed by atoms with E-state index in [2.05, 4.69) is 10.2 Å². The predicted octanol–water partition coefficient (Wildman–Crippen LogP) is 2.57. The molecule has 3 rings (SSSR count). The zero-order chi connectivity index (χ0) is 18.7. The van der Waals surface area contributed by atoms with Gasteiger partial charge in [-0.2, -0.15) is 5.10 Å². The summed E-state index contributed by atoms with van der Waals surface area (Å²) < 4.78 is 11.8. The lowest BCUT2D eigenvalue weighted by Crippen LogP contribution is -2.42. The molecule has 0 spiro atoms. The van der Waals surface area contributed by atoms with Crippen LogP contribution >= 0.6 is 0 Å². The molecule has 6 heteroatoms. The summed E-state index contributed by atoms with van der Waals surface area (Å²) in [7, 11) is 1.69. The minimum absolute atomic E-state index is 0.104. The largest absolute Gasteiger partial charge is 0.490 e. The van der Waals surface area contributed by atoms with E-state index in [4.69, 9.17) is 9.47 Å². The molecule has 1 aromatic carbocycles. The Kier molecular flexibility index (Phi) is 5.32. The minimum atomic E-state index is -0.460. The van der Waals surface area contributed by atoms with E-state index < -0.39 is 5.60 Å². The lowest BCUT2D eigenvalue weighted by Gasteiger charge is -2.28. The summed E-state index contributed by atoms with van der Waals surface area (Å²) in [6, 6.07) is 7.93. The van der Waals surface area contributed by atoms with Gasteiger partial charge >= 0.3 is 0 Å². The maximum absolute atomic E-state index is 12.7. The number of hydrogen-bond donors (Lipinski definition) is 1. The second-order valence-electron chi connectivity index (χ2n) is 7.10. The van der Waals surface area contributed by atoms with Crippen molar-refractivity contribution in [2.45, 2.75) is 39.2 Å². The van der Waals surface area contributed by atoms with Crippen LogP contribution in [0.3, 0.4) is 0 Å². The quantitative estimate of drug-likeness (QED) is 0.863. The second kappa shape index (κ2) is 7.50. The summed E-state index contributed by atoms with van der Waals surface area (Å²) >= 11 is 0. The highest BCUT2D eigenvalue weighted by Crippen LogP contribution is 2.28. The van der Waals surface area contributed by atoms with E-state index in [1.807, 2.05) is 49.9 Å². The summed E-state index contributed by atoms with van der Waals surface area (Å²) in [5.41, 5.74) is 3.46. The number of benzene rings is 1. The van der Waals surface area contributed by atoms with E-state index in [0.29, 0.717) is 26.1 Å². The SMILES string of the molecule is CO[C@@]1(COc2ccccc2C)CCN(C(=O)Cc2c(C)n[nH]c2C)C1. The molecule has 0 unspecified atom stereocenters. The average Bonchev–Trinajstić information content (AvgIpc) is 3.20. The Morgan fingerprint density at radius 1 is 1.31 bits per heavy atom. The van der Waals surface area contributed by atoms with Crippen LogP contribution in [-0.4, -0.2) is 53.4 Å². The van der Waals surface area contributed by atoms with Crippen molar-refractivity contribution in [2.24, 2.45) is 0 Å². The van der Waals surface area contributed by atoms with E-state index in [0.717, 1.165) is 34.7 Å². The molecule has 0 saturated carbocycles. The summed E-state index contributed by atoms with van der Waals surface area (Å²) in [6.45, 7) is 7.55. The van der Waals surface area contributed by atoms with Gasteiger partial charge in [-0.15, -0.1) is 0 Å². The molecule has 1 aliphatic rings. The number of nitrogens with one attached hydrogen (secondary N) is 1. The molecule has 0 aliphatic carbocycles. The van der Waals surface area contributed by atoms with Crippen LogP contribution in [0, 0.1) is 20.8 Å². The van der Waals surface area contributed by atoms with Gasteiger partial charge in [0, 0.05) is 24.9 Å². The number of para-hydroxylation sites is 1. The normalized spacial score (nSPS) is 19.8. The van der Waals surface area contributed by atoms with Gasteiger partial charge in [0.25, 0.3) is 0 Å². The van der Waals surface area contributed by atoms with Gasteiger partial charge in [-0.3, -0.25) is 9.89 Å². The maximum Gasteiger partial charge on any atom is 0.227 e. The van der Waals surface area contributed by atoms with Crippen LogP contribution in [0.25, 0.3) is 0 Å². The number of carbonyl (C=O) groups excluding carboxylic acids is 1. The fourth-order valence-electron chi connectivity index (χ4n) is 3.43. The number of ether oxygens (including phenoxy) is 2. The van der Waals surface area contributed by atoms with Gasteiger partial charge in [0.15, 0.2) is 0 Å². The van der Waals surface area contributed by atoms with E-state index >= 15 is 0 Å². The van der Waals surface area contributed by atoms with Crippen LogP contribution in [-0.2, 0) is 16.0 Å². The van der Waals surface area contributed by atoms with Gasteiger partial charge in [-0.1, -0.05) is 18.2 Å². The molecule has 2 heterocycles. The van der Waals surface area contributed by atoms with Crippen molar-refractivity contribution < 1.29 is 14.3 Å². The van der Waals surface area contributed by atoms with Gasteiger partial charge in [0.2, 0.25) is 5.91 Å². The number of rotatable bonds is 6. The first-order valence-corrected chi connectivity index (χ1v) is 8.96. The summed E-state index contributed by atoms with van der Waals surface area (Å²) in [4.78, 5) is 14.6. The minimum Gasteiger partial charge on any atom is -0.490 e. The van der Waals surface area contributed by atoms with Gasteiger partial charge in [0.1, 0.15) is 18.0 Å². The monoisotopic (exact) mass is 357 g/mol. The number of aromatic amines is 1. The third-order valence-corrected chi connectivity index (χ3v) is 5.30. The highest BCUT2D eigenvalue weighted by atomic mass is 16.5. The van der Waals surface area contributed by atoms with Crippen LogP contribution in [0.1, 0.15) is 28.9 Å². The molecule has 1 aromatic heterocycles. The molecule has 1 saturated heterocycles. The van der Waals surface area contributed by atoms with Crippen molar-refractivity contribution in [3.63, 3.8) is 0 Å². The number of likely N-dealkylation sites (tertiary alicyclic amines) is 1. The first kappa shape index (κ1) is 18.5. The smallest absolute Gasteiger partial charge is 0.227 e. The van der Waals surface area contributed by atoms with Crippen molar-refractivity contribution in [2.75, 3.05) is 26.8 Å². The molecule has 2 aromatic rings. The number of carbonyl (C=O) groups is 1. The van der Waals surface area contributed by atoms with E-state index in [1.165, 1.54) is 0 Å². The topological polar surface area (TPSA) is 67.5 Å². The van der Waals surface area contributed by atoms with E-state index in [-0.39, 0.29) is 5.91 Å². The van der Waals surface area contributed by atoms with E-state index in [1.54, 1.807) is 7.11 Å². The molecule has 1 fully saturated rings. The lowest BCUT2D eigenvalue weighted by atomic mass is 10.0. The van der Waals surface area contributed by atoms with Gasteiger partial charge in [-0.25, -0.2) is 0 Å². The number of methoxy groups -OCH3 is 1. The summed E-state index contributed by atoms with van der Waals surface area (Å²) in [5.74, 6) is 0.964. The van der Waals surface area contributed by atoms with E-state index in [9.17, 15) is 4.79 Å². The number of hydrogen-bond acceptors (Lipinski definition) is 4. The molecule has 1 aliphatic heterocycles. The van der Waals surface area contributed by atoms with Crippen LogP contribution in [0.5, 0.6) is 5.75 Å². The second-order valence-corrected chi connectivity index (χ2v) is 7.10. The van der Waals surface area contributed by atoms with Crippen LogP contribution in [0.2, 0.25) is 0 Å². The third-order valence-electron chi connectivity index (χ3n) is 5.30. The zero-order valence-electron chi connectivity index (χ0n) is 16.0. The van der Waals surface area contributed by atoms with Crippen molar-refractivity contribution >= 4 is 5.91 Å². The Morgan fingerprint density at radius 3 is 2.73 bits per heavy atom. The number of aryl methyl sites for hydroxylation is 3. The predicted molar refractivity (Wildman–Crippen MR) is 99.4 cm³/mol. The fourth-order valence-corrected chi connectivity index (χ4v) is 3.43. The molecular formula is C20H27N3O3. The lowest BCUT2D eigenvalue weighted by molar-refractivity contribution is -0.131. The Hall–Kier alpha value is -2.34. The Morgan fingerprint density at radius 2 is 2.08 bits per heavy atom. The third kappa shape index (κ3) is 3.75. The van der Waals surface area contributed by atoms with Gasteiger partial charge in [0.05, 0.1) is 18.7 Å². The maximum atomic E-state index is 12.7. The van der Waals surface area contributed by atoms with Crippen molar-refractivity contribution in [3.05, 3.63) is 46.8 Å². The Bertz CT molecular complexity index is 767. The first-order valence-electron chi connectivity index (χ1n) is 8.96. The summed E-state index contributed by atoms with van der Waals surface area (Å²) in [6.07, 6.45) is 1.14. The standard InChI is InChI=1S/C20H27N3O3/c1-14-7-5-6-8-18(14)26-13-20(25-4)9-10-23(12-20)19(24)11-17-15(2)21-22-16(17)3/h5-8H,9-13H2,1-4H3,(H,21,22)/t20-/m0/s1. The highest BCUT2D eigenvalue weighted by Gasteiger charge is 2.41. The zero-order valence-corrected chi connectivity index (χ0v) is 16.0. The molecular weight excluding hydrogens is 330 g/mol. The molecule has 26 heavy (non-hydrogen) atoms. The Balaban J connectivity index is 1.63.